The maximum absolute atomic E-state index is 12.0. The second-order valence-corrected chi connectivity index (χ2v) is 7.04. The summed E-state index contributed by atoms with van der Waals surface area (Å²) < 4.78 is 0. The maximum atomic E-state index is 12.0. The van der Waals surface area contributed by atoms with Crippen molar-refractivity contribution < 1.29 is 9.59 Å². The van der Waals surface area contributed by atoms with Crippen molar-refractivity contribution in [3.05, 3.63) is 23.8 Å². The van der Waals surface area contributed by atoms with E-state index in [1.165, 1.54) is 4.90 Å². The number of benzene rings is 1. The van der Waals surface area contributed by atoms with E-state index in [2.05, 4.69) is 35.9 Å². The van der Waals surface area contributed by atoms with Gasteiger partial charge in [0, 0.05) is 22.4 Å². The Morgan fingerprint density at radius 1 is 1.22 bits per heavy atom. The molecule has 1 rings (SSSR count). The molecule has 0 spiro atoms. The molecule has 2 atom stereocenters. The van der Waals surface area contributed by atoms with Crippen LogP contribution in [0.2, 0.25) is 0 Å². The number of urea groups is 1. The van der Waals surface area contributed by atoms with Crippen molar-refractivity contribution in [2.45, 2.75) is 57.2 Å². The first-order valence-corrected chi connectivity index (χ1v) is 8.87. The highest BCUT2D eigenvalue weighted by atomic mass is 32.2. The number of hydrogen-bond donors (Lipinski definition) is 3. The van der Waals surface area contributed by atoms with E-state index in [-0.39, 0.29) is 11.9 Å². The van der Waals surface area contributed by atoms with E-state index in [1.807, 2.05) is 37.7 Å². The summed E-state index contributed by atoms with van der Waals surface area (Å²) in [6, 6.07) is 5.02. The topological polar surface area (TPSA) is 70.2 Å². The lowest BCUT2D eigenvalue weighted by Gasteiger charge is -2.16. The molecule has 3 amide bonds. The monoisotopic (exact) mass is 337 g/mol. The fourth-order valence-corrected chi connectivity index (χ4v) is 2.94. The summed E-state index contributed by atoms with van der Waals surface area (Å²) in [7, 11) is 0. The summed E-state index contributed by atoms with van der Waals surface area (Å²) in [5, 5.41) is 8.66. The van der Waals surface area contributed by atoms with Gasteiger partial charge in [-0.05, 0) is 51.0 Å². The van der Waals surface area contributed by atoms with E-state index in [4.69, 9.17) is 0 Å². The predicted molar refractivity (Wildman–Crippen MR) is 97.1 cm³/mol. The highest BCUT2D eigenvalue weighted by Gasteiger charge is 2.15. The van der Waals surface area contributed by atoms with Gasteiger partial charge >= 0.3 is 6.03 Å². The molecule has 0 saturated heterocycles. The molecule has 3 N–H and O–H groups in total. The summed E-state index contributed by atoms with van der Waals surface area (Å²) in [6.45, 7) is 10.4. The fraction of sp³-hybridized carbons (Fsp3) is 0.529. The average molecular weight is 337 g/mol. The third kappa shape index (κ3) is 6.52. The Hall–Kier alpha value is -1.69. The SMILES string of the molecule is CCNC(=O)[C@H](C)NC(=O)Nc1ccc(S[C@@H](C)CC)cc1C. The zero-order chi connectivity index (χ0) is 17.4. The normalized spacial score (nSPS) is 13.1. The molecule has 0 heterocycles. The van der Waals surface area contributed by atoms with E-state index < -0.39 is 6.04 Å². The van der Waals surface area contributed by atoms with Crippen LogP contribution in [-0.2, 0) is 4.79 Å². The van der Waals surface area contributed by atoms with Crippen molar-refractivity contribution >= 4 is 29.4 Å². The second-order valence-electron chi connectivity index (χ2n) is 5.53. The van der Waals surface area contributed by atoms with Crippen LogP contribution in [-0.4, -0.2) is 29.8 Å². The number of aryl methyl sites for hydroxylation is 1. The molecular weight excluding hydrogens is 310 g/mol. The second kappa shape index (κ2) is 9.45. The first kappa shape index (κ1) is 19.4. The smallest absolute Gasteiger partial charge is 0.319 e. The average Bonchev–Trinajstić information content (AvgIpc) is 2.50. The third-order valence-corrected chi connectivity index (χ3v) is 4.71. The number of thioether (sulfide) groups is 1. The van der Waals surface area contributed by atoms with Crippen molar-refractivity contribution in [2.24, 2.45) is 0 Å². The highest BCUT2D eigenvalue weighted by molar-refractivity contribution is 7.99. The lowest BCUT2D eigenvalue weighted by Crippen LogP contribution is -2.46. The molecule has 0 radical (unpaired) electrons. The summed E-state index contributed by atoms with van der Waals surface area (Å²) in [5.41, 5.74) is 1.75. The zero-order valence-electron chi connectivity index (χ0n) is 14.5. The number of nitrogens with one attached hydrogen (secondary N) is 3. The van der Waals surface area contributed by atoms with Crippen LogP contribution in [0, 0.1) is 6.92 Å². The van der Waals surface area contributed by atoms with Gasteiger partial charge in [0.1, 0.15) is 6.04 Å². The van der Waals surface area contributed by atoms with Crippen LogP contribution in [0.3, 0.4) is 0 Å². The minimum absolute atomic E-state index is 0.195. The molecule has 0 aliphatic heterocycles. The molecule has 0 aromatic heterocycles. The molecule has 23 heavy (non-hydrogen) atoms. The Kier molecular flexibility index (Phi) is 7.95. The Bertz CT molecular complexity index is 549. The zero-order valence-corrected chi connectivity index (χ0v) is 15.3. The predicted octanol–water partition coefficient (Wildman–Crippen LogP) is 3.53. The van der Waals surface area contributed by atoms with Gasteiger partial charge in [-0.15, -0.1) is 11.8 Å². The maximum Gasteiger partial charge on any atom is 0.319 e. The minimum atomic E-state index is -0.574. The number of amides is 3. The Labute approximate surface area is 143 Å². The van der Waals surface area contributed by atoms with Gasteiger partial charge in [-0.1, -0.05) is 13.8 Å². The van der Waals surface area contributed by atoms with Crippen LogP contribution in [0.1, 0.15) is 39.7 Å². The molecule has 0 unspecified atom stereocenters. The van der Waals surface area contributed by atoms with Crippen LogP contribution in [0.15, 0.2) is 23.1 Å². The molecule has 5 nitrogen and oxygen atoms in total. The number of hydrogen-bond acceptors (Lipinski definition) is 3. The third-order valence-electron chi connectivity index (χ3n) is 3.45. The van der Waals surface area contributed by atoms with E-state index >= 15 is 0 Å². The first-order valence-electron chi connectivity index (χ1n) is 7.99. The summed E-state index contributed by atoms with van der Waals surface area (Å²) in [4.78, 5) is 24.8. The summed E-state index contributed by atoms with van der Waals surface area (Å²) >= 11 is 1.82. The number of carbonyl (C=O) groups is 2. The molecule has 0 bridgehead atoms. The number of carbonyl (C=O) groups excluding carboxylic acids is 2. The van der Waals surface area contributed by atoms with Crippen molar-refractivity contribution in [3.8, 4) is 0 Å². The van der Waals surface area contributed by atoms with Gasteiger partial charge in [0.2, 0.25) is 5.91 Å². The number of anilines is 1. The Morgan fingerprint density at radius 3 is 2.48 bits per heavy atom. The molecule has 0 aliphatic rings. The van der Waals surface area contributed by atoms with Crippen molar-refractivity contribution in [3.63, 3.8) is 0 Å². The van der Waals surface area contributed by atoms with Gasteiger partial charge in [-0.25, -0.2) is 4.79 Å². The van der Waals surface area contributed by atoms with E-state index in [0.717, 1.165) is 17.7 Å². The van der Waals surface area contributed by atoms with Crippen LogP contribution < -0.4 is 16.0 Å². The molecule has 0 fully saturated rings. The van der Waals surface area contributed by atoms with Crippen LogP contribution in [0.5, 0.6) is 0 Å². The van der Waals surface area contributed by atoms with Crippen LogP contribution in [0.4, 0.5) is 10.5 Å². The quantitative estimate of drug-likeness (QED) is 0.667. The van der Waals surface area contributed by atoms with Gasteiger partial charge in [-0.3, -0.25) is 4.79 Å². The van der Waals surface area contributed by atoms with Gasteiger partial charge in [-0.2, -0.15) is 0 Å². The van der Waals surface area contributed by atoms with Crippen molar-refractivity contribution in [1.29, 1.82) is 0 Å². The minimum Gasteiger partial charge on any atom is -0.355 e. The van der Waals surface area contributed by atoms with E-state index in [9.17, 15) is 9.59 Å². The molecule has 0 aliphatic carbocycles. The Balaban J connectivity index is 2.63. The number of rotatable bonds is 7. The highest BCUT2D eigenvalue weighted by Crippen LogP contribution is 2.28. The summed E-state index contributed by atoms with van der Waals surface area (Å²) in [5.74, 6) is -0.195. The largest absolute Gasteiger partial charge is 0.355 e. The Morgan fingerprint density at radius 2 is 1.91 bits per heavy atom. The lowest BCUT2D eigenvalue weighted by atomic mass is 10.2. The molecular formula is C17H27N3O2S. The molecule has 0 saturated carbocycles. The molecule has 1 aromatic carbocycles. The van der Waals surface area contributed by atoms with Gasteiger partial charge in [0.25, 0.3) is 0 Å². The molecule has 128 valence electrons. The van der Waals surface area contributed by atoms with Crippen LogP contribution in [0.25, 0.3) is 0 Å². The van der Waals surface area contributed by atoms with Gasteiger partial charge < -0.3 is 16.0 Å². The molecule has 1 aromatic rings. The standard InChI is InChI=1S/C17H27N3O2S/c1-6-12(4)23-14-8-9-15(11(3)10-14)20-17(22)19-13(5)16(21)18-7-2/h8-10,12-13H,6-7H2,1-5H3,(H,18,21)(H2,19,20,22)/t12-,13-/m0/s1. The van der Waals surface area contributed by atoms with Gasteiger partial charge in [0.05, 0.1) is 0 Å². The van der Waals surface area contributed by atoms with Gasteiger partial charge in [0.15, 0.2) is 0 Å². The number of likely N-dealkylation sites (N-methyl/N-ethyl adjacent to an activating group) is 1. The molecule has 6 heteroatoms. The van der Waals surface area contributed by atoms with Crippen LogP contribution >= 0.6 is 11.8 Å². The van der Waals surface area contributed by atoms with E-state index in [1.54, 1.807) is 6.92 Å². The van der Waals surface area contributed by atoms with E-state index in [0.29, 0.717) is 11.8 Å². The lowest BCUT2D eigenvalue weighted by molar-refractivity contribution is -0.122. The fourth-order valence-electron chi connectivity index (χ4n) is 1.91. The van der Waals surface area contributed by atoms with Crippen molar-refractivity contribution in [2.75, 3.05) is 11.9 Å². The first-order chi connectivity index (χ1) is 10.9. The summed E-state index contributed by atoms with van der Waals surface area (Å²) in [6.07, 6.45) is 1.11. The van der Waals surface area contributed by atoms with Crippen molar-refractivity contribution in [1.82, 2.24) is 10.6 Å².